The van der Waals surface area contributed by atoms with Gasteiger partial charge in [0.1, 0.15) is 7.11 Å². The Morgan fingerprint density at radius 2 is 1.26 bits per heavy atom. The molecule has 0 saturated carbocycles. The molecule has 3 heteroatoms. The Morgan fingerprint density at radius 1 is 0.783 bits per heavy atom. The van der Waals surface area contributed by atoms with Gasteiger partial charge in [-0.2, -0.15) is 0 Å². The van der Waals surface area contributed by atoms with Crippen LogP contribution in [0.5, 0.6) is 0 Å². The average molecular weight is 328 g/mol. The molecule has 0 rings (SSSR count). The summed E-state index contributed by atoms with van der Waals surface area (Å²) in [6, 6.07) is 0. The topological polar surface area (TPSA) is 41.8 Å². The molecule has 1 atom stereocenters. The fourth-order valence-corrected chi connectivity index (χ4v) is 2.93. The normalized spacial score (nSPS) is 12.8. The molecule has 0 spiro atoms. The summed E-state index contributed by atoms with van der Waals surface area (Å²) in [5, 5.41) is 13.7. The second-order valence-corrected chi connectivity index (χ2v) is 6.73. The summed E-state index contributed by atoms with van der Waals surface area (Å²) < 4.78 is 0. The van der Waals surface area contributed by atoms with Crippen molar-refractivity contribution in [2.45, 2.75) is 116 Å². The Bertz CT molecular complexity index is 244. The molecule has 1 N–H and O–H groups in total. The average Bonchev–Trinajstić information content (AvgIpc) is 2.55. The fraction of sp³-hybridized carbons (Fsp3) is 0.950. The van der Waals surface area contributed by atoms with E-state index in [-0.39, 0.29) is 6.10 Å². The molecule has 0 aliphatic heterocycles. The quantitative estimate of drug-likeness (QED) is 0.184. The zero-order valence-corrected chi connectivity index (χ0v) is 15.8. The van der Waals surface area contributed by atoms with E-state index in [2.05, 4.69) is 16.9 Å². The van der Waals surface area contributed by atoms with Crippen molar-refractivity contribution in [3.05, 3.63) is 0 Å². The van der Waals surface area contributed by atoms with E-state index in [0.717, 1.165) is 19.3 Å². The van der Waals surface area contributed by atoms with Crippen molar-refractivity contribution in [2.24, 2.45) is 5.16 Å². The van der Waals surface area contributed by atoms with Gasteiger partial charge in [0.25, 0.3) is 0 Å². The highest BCUT2D eigenvalue weighted by Crippen LogP contribution is 2.14. The minimum atomic E-state index is -0.0594. The van der Waals surface area contributed by atoms with E-state index in [0.29, 0.717) is 0 Å². The minimum Gasteiger partial charge on any atom is -0.399 e. The highest BCUT2D eigenvalue weighted by Gasteiger charge is 2.03. The van der Waals surface area contributed by atoms with E-state index in [1.807, 2.05) is 6.21 Å². The largest absolute Gasteiger partial charge is 0.399 e. The van der Waals surface area contributed by atoms with Gasteiger partial charge in [0.05, 0.1) is 6.10 Å². The molecule has 138 valence electrons. The first-order chi connectivity index (χ1) is 11.3. The first-order valence-electron chi connectivity index (χ1n) is 10.0. The van der Waals surface area contributed by atoms with E-state index < -0.39 is 0 Å². The molecule has 0 aromatic carbocycles. The predicted octanol–water partition coefficient (Wildman–Crippen LogP) is 6.24. The summed E-state index contributed by atoms with van der Waals surface area (Å²) in [7, 11) is 1.58. The molecule has 0 aliphatic rings. The summed E-state index contributed by atoms with van der Waals surface area (Å²) in [6.45, 7) is 2.26. The van der Waals surface area contributed by atoms with Crippen LogP contribution in [-0.4, -0.2) is 24.5 Å². The molecule has 0 amide bonds. The maximum atomic E-state index is 9.99. The molecule has 0 heterocycles. The summed E-state index contributed by atoms with van der Waals surface area (Å²) in [5.41, 5.74) is 0. The monoisotopic (exact) mass is 327 g/mol. The highest BCUT2D eigenvalue weighted by atomic mass is 16.6. The lowest BCUT2D eigenvalue weighted by Crippen LogP contribution is -2.05. The third-order valence-electron chi connectivity index (χ3n) is 4.44. The number of nitrogens with zero attached hydrogens (tertiary/aromatic N) is 1. The van der Waals surface area contributed by atoms with Gasteiger partial charge in [-0.05, 0) is 25.7 Å². The van der Waals surface area contributed by atoms with Crippen LogP contribution in [0.3, 0.4) is 0 Å². The third kappa shape index (κ3) is 19.4. The third-order valence-corrected chi connectivity index (χ3v) is 4.44. The number of unbranched alkanes of at least 4 members (excludes halogenated alkanes) is 12. The van der Waals surface area contributed by atoms with Crippen LogP contribution in [0.4, 0.5) is 0 Å². The van der Waals surface area contributed by atoms with Crippen molar-refractivity contribution in [2.75, 3.05) is 7.11 Å². The summed E-state index contributed by atoms with van der Waals surface area (Å²) in [4.78, 5) is 4.63. The Labute approximate surface area is 144 Å². The molecular formula is C20H41NO2. The van der Waals surface area contributed by atoms with Gasteiger partial charge >= 0.3 is 0 Å². The Kier molecular flexibility index (Phi) is 19.0. The zero-order valence-electron chi connectivity index (χ0n) is 15.8. The molecule has 0 radical (unpaired) electrons. The van der Waals surface area contributed by atoms with Crippen molar-refractivity contribution in [3.8, 4) is 0 Å². The smallest absolute Gasteiger partial charge is 0.106 e. The Hall–Kier alpha value is -0.570. The van der Waals surface area contributed by atoms with Crippen molar-refractivity contribution in [1.82, 2.24) is 0 Å². The second-order valence-electron chi connectivity index (χ2n) is 6.73. The lowest BCUT2D eigenvalue weighted by molar-refractivity contribution is 0.147. The molecule has 0 saturated heterocycles. The van der Waals surface area contributed by atoms with Gasteiger partial charge in [0, 0.05) is 6.21 Å². The number of aliphatic hydroxyl groups excluding tert-OH is 1. The van der Waals surface area contributed by atoms with Crippen LogP contribution >= 0.6 is 0 Å². The fourth-order valence-electron chi connectivity index (χ4n) is 2.93. The number of oxime groups is 1. The molecule has 0 aromatic heterocycles. The maximum absolute atomic E-state index is 9.99. The van der Waals surface area contributed by atoms with Crippen LogP contribution in [0, 0.1) is 0 Å². The van der Waals surface area contributed by atoms with E-state index in [9.17, 15) is 5.11 Å². The highest BCUT2D eigenvalue weighted by molar-refractivity contribution is 5.55. The zero-order chi connectivity index (χ0) is 17.0. The van der Waals surface area contributed by atoms with Crippen LogP contribution in [0.25, 0.3) is 0 Å². The van der Waals surface area contributed by atoms with Crippen molar-refractivity contribution in [3.63, 3.8) is 0 Å². The van der Waals surface area contributed by atoms with Gasteiger partial charge in [0.2, 0.25) is 0 Å². The van der Waals surface area contributed by atoms with E-state index >= 15 is 0 Å². The van der Waals surface area contributed by atoms with Crippen LogP contribution in [-0.2, 0) is 4.84 Å². The lowest BCUT2D eigenvalue weighted by Gasteiger charge is -2.10. The molecule has 0 fully saturated rings. The van der Waals surface area contributed by atoms with Gasteiger partial charge in [-0.3, -0.25) is 0 Å². The van der Waals surface area contributed by atoms with Gasteiger partial charge in [-0.25, -0.2) is 0 Å². The molecule has 0 bridgehead atoms. The minimum absolute atomic E-state index is 0.0594. The van der Waals surface area contributed by atoms with E-state index in [1.165, 1.54) is 83.5 Å². The lowest BCUT2D eigenvalue weighted by atomic mass is 10.0. The van der Waals surface area contributed by atoms with Crippen molar-refractivity contribution < 1.29 is 9.94 Å². The standard InChI is InChI=1S/C20H41NO2/c1-3-4-5-6-8-11-14-17-20(22)18-15-12-9-7-10-13-16-19-21-23-2/h19-20,22H,3-18H2,1-2H3/b21-19+. The number of rotatable bonds is 18. The van der Waals surface area contributed by atoms with Crippen LogP contribution in [0.1, 0.15) is 110 Å². The molecule has 1 unspecified atom stereocenters. The molecule has 23 heavy (non-hydrogen) atoms. The van der Waals surface area contributed by atoms with Crippen LogP contribution < -0.4 is 0 Å². The van der Waals surface area contributed by atoms with Crippen molar-refractivity contribution in [1.29, 1.82) is 0 Å². The van der Waals surface area contributed by atoms with E-state index in [1.54, 1.807) is 7.11 Å². The molecule has 0 aromatic rings. The predicted molar refractivity (Wildman–Crippen MR) is 101 cm³/mol. The molecule has 3 nitrogen and oxygen atoms in total. The van der Waals surface area contributed by atoms with Gasteiger partial charge in [0.15, 0.2) is 0 Å². The summed E-state index contributed by atoms with van der Waals surface area (Å²) in [5.74, 6) is 0. The Balaban J connectivity index is 3.15. The number of hydrogen-bond donors (Lipinski definition) is 1. The number of aliphatic hydroxyl groups is 1. The van der Waals surface area contributed by atoms with Gasteiger partial charge < -0.3 is 9.94 Å². The second kappa shape index (κ2) is 19.5. The van der Waals surface area contributed by atoms with Gasteiger partial charge in [-0.1, -0.05) is 89.1 Å². The SMILES string of the molecule is CCCCCCCCCC(O)CCCCCCCC/C=N/OC. The van der Waals surface area contributed by atoms with Crippen LogP contribution in [0.2, 0.25) is 0 Å². The molecular weight excluding hydrogens is 286 g/mol. The molecule has 0 aliphatic carbocycles. The summed E-state index contributed by atoms with van der Waals surface area (Å²) in [6.07, 6.45) is 21.6. The first kappa shape index (κ1) is 22.4. The van der Waals surface area contributed by atoms with Gasteiger partial charge in [-0.15, -0.1) is 0 Å². The Morgan fingerprint density at radius 3 is 1.78 bits per heavy atom. The maximum Gasteiger partial charge on any atom is 0.106 e. The first-order valence-corrected chi connectivity index (χ1v) is 10.0. The van der Waals surface area contributed by atoms with Crippen LogP contribution in [0.15, 0.2) is 5.16 Å². The van der Waals surface area contributed by atoms with Crippen molar-refractivity contribution >= 4 is 6.21 Å². The van der Waals surface area contributed by atoms with E-state index in [4.69, 9.17) is 0 Å². The summed E-state index contributed by atoms with van der Waals surface area (Å²) >= 11 is 0. The number of hydrogen-bond acceptors (Lipinski definition) is 3.